The van der Waals surface area contributed by atoms with Crippen LogP contribution in [0.3, 0.4) is 0 Å². The highest BCUT2D eigenvalue weighted by Crippen LogP contribution is 2.12. The molecule has 6 nitrogen and oxygen atoms in total. The third-order valence-corrected chi connectivity index (χ3v) is 2.49. The van der Waals surface area contributed by atoms with Gasteiger partial charge in [-0.1, -0.05) is 25.6 Å². The number of rotatable bonds is 5. The molecule has 0 unspecified atom stereocenters. The molecule has 1 heterocycles. The first-order valence-corrected chi connectivity index (χ1v) is 6.11. The van der Waals surface area contributed by atoms with Crippen LogP contribution in [0.1, 0.15) is 13.8 Å². The van der Waals surface area contributed by atoms with Gasteiger partial charge in [0.1, 0.15) is 5.82 Å². The molecular weight excluding hydrogens is 242 g/mol. The van der Waals surface area contributed by atoms with Crippen LogP contribution in [0.5, 0.6) is 0 Å². The van der Waals surface area contributed by atoms with E-state index in [0.29, 0.717) is 17.7 Å². The molecule has 1 aromatic rings. The first-order valence-electron chi connectivity index (χ1n) is 5.12. The highest BCUT2D eigenvalue weighted by Gasteiger charge is 2.07. The minimum absolute atomic E-state index is 0.0963. The monoisotopic (exact) mass is 257 g/mol. The van der Waals surface area contributed by atoms with Gasteiger partial charge >= 0.3 is 5.97 Å². The Balaban J connectivity index is 2.44. The molecule has 0 radical (unpaired) electrons. The molecule has 1 aromatic heterocycles. The molecular formula is C10H15N3O3S. The van der Waals surface area contributed by atoms with Crippen molar-refractivity contribution in [1.29, 1.82) is 0 Å². The fourth-order valence-electron chi connectivity index (χ4n) is 0.950. The molecule has 0 spiro atoms. The van der Waals surface area contributed by atoms with Crippen LogP contribution in [0.2, 0.25) is 0 Å². The molecule has 0 aliphatic rings. The summed E-state index contributed by atoms with van der Waals surface area (Å²) in [5, 5.41) is 0.316. The largest absolute Gasteiger partial charge is 0.465 e. The zero-order chi connectivity index (χ0) is 12.8. The summed E-state index contributed by atoms with van der Waals surface area (Å²) in [4.78, 5) is 28.7. The van der Waals surface area contributed by atoms with E-state index in [-0.39, 0.29) is 23.1 Å². The lowest BCUT2D eigenvalue weighted by atomic mass is 10.2. The molecule has 0 atom stereocenters. The Labute approximate surface area is 103 Å². The number of anilines is 1. The third-order valence-electron chi connectivity index (χ3n) is 1.64. The van der Waals surface area contributed by atoms with E-state index >= 15 is 0 Å². The highest BCUT2D eigenvalue weighted by atomic mass is 32.2. The summed E-state index contributed by atoms with van der Waals surface area (Å²) in [7, 11) is 0. The average molecular weight is 257 g/mol. The molecule has 7 heteroatoms. The second-order valence-corrected chi connectivity index (χ2v) is 4.80. The number of nitrogen functional groups attached to an aromatic ring is 1. The molecule has 0 saturated heterocycles. The van der Waals surface area contributed by atoms with Gasteiger partial charge in [0, 0.05) is 6.07 Å². The van der Waals surface area contributed by atoms with Crippen LogP contribution in [-0.4, -0.2) is 28.3 Å². The van der Waals surface area contributed by atoms with Gasteiger partial charge in [0.05, 0.1) is 12.4 Å². The van der Waals surface area contributed by atoms with Crippen molar-refractivity contribution < 1.29 is 9.53 Å². The Morgan fingerprint density at radius 3 is 2.94 bits per heavy atom. The van der Waals surface area contributed by atoms with Gasteiger partial charge < -0.3 is 15.5 Å². The summed E-state index contributed by atoms with van der Waals surface area (Å²) in [5.74, 6) is 0.189. The van der Waals surface area contributed by atoms with E-state index in [1.807, 2.05) is 13.8 Å². The number of hydrogen-bond acceptors (Lipinski definition) is 6. The second-order valence-electron chi connectivity index (χ2n) is 3.84. The number of nitrogens with two attached hydrogens (primary N) is 1. The predicted octanol–water partition coefficient (Wildman–Crippen LogP) is 0.643. The maximum Gasteiger partial charge on any atom is 0.316 e. The third kappa shape index (κ3) is 5.39. The second kappa shape index (κ2) is 6.29. The van der Waals surface area contributed by atoms with Crippen LogP contribution >= 0.6 is 11.8 Å². The lowest BCUT2D eigenvalue weighted by molar-refractivity contribution is -0.141. The van der Waals surface area contributed by atoms with Crippen LogP contribution in [0.25, 0.3) is 0 Å². The maximum absolute atomic E-state index is 11.3. The fourth-order valence-corrected chi connectivity index (χ4v) is 1.63. The van der Waals surface area contributed by atoms with Crippen molar-refractivity contribution in [2.24, 2.45) is 5.92 Å². The predicted molar refractivity (Wildman–Crippen MR) is 65.8 cm³/mol. The van der Waals surface area contributed by atoms with Crippen molar-refractivity contribution in [2.45, 2.75) is 19.0 Å². The van der Waals surface area contributed by atoms with Crippen molar-refractivity contribution in [3.05, 3.63) is 16.4 Å². The van der Waals surface area contributed by atoms with Crippen LogP contribution in [0.4, 0.5) is 5.82 Å². The van der Waals surface area contributed by atoms with Gasteiger partial charge in [-0.3, -0.25) is 9.59 Å². The number of nitrogens with zero attached hydrogens (tertiary/aromatic N) is 1. The average Bonchev–Trinajstić information content (AvgIpc) is 2.22. The number of nitrogens with one attached hydrogen (secondary N) is 1. The molecule has 17 heavy (non-hydrogen) atoms. The summed E-state index contributed by atoms with van der Waals surface area (Å²) in [6.45, 7) is 4.30. The molecule has 0 bridgehead atoms. The number of hydrogen-bond donors (Lipinski definition) is 2. The Bertz CT molecular complexity index is 445. The molecule has 0 aliphatic heterocycles. The number of ether oxygens (including phenoxy) is 1. The van der Waals surface area contributed by atoms with Crippen molar-refractivity contribution in [3.63, 3.8) is 0 Å². The van der Waals surface area contributed by atoms with E-state index in [0.717, 1.165) is 11.8 Å². The number of H-pyrrole nitrogens is 1. The van der Waals surface area contributed by atoms with Crippen LogP contribution in [-0.2, 0) is 9.53 Å². The SMILES string of the molecule is CC(C)COC(=O)CSc1nc(N)cc(=O)[nH]1. The molecule has 0 aromatic carbocycles. The smallest absolute Gasteiger partial charge is 0.316 e. The van der Waals surface area contributed by atoms with E-state index in [2.05, 4.69) is 9.97 Å². The van der Waals surface area contributed by atoms with Crippen LogP contribution < -0.4 is 11.3 Å². The molecule has 0 fully saturated rings. The van der Waals surface area contributed by atoms with E-state index in [1.54, 1.807) is 0 Å². The lowest BCUT2D eigenvalue weighted by Gasteiger charge is -2.06. The summed E-state index contributed by atoms with van der Waals surface area (Å²) in [6.07, 6.45) is 0. The summed E-state index contributed by atoms with van der Waals surface area (Å²) < 4.78 is 4.97. The van der Waals surface area contributed by atoms with Gasteiger partial charge in [-0.15, -0.1) is 0 Å². The zero-order valence-corrected chi connectivity index (χ0v) is 10.5. The minimum atomic E-state index is -0.339. The van der Waals surface area contributed by atoms with Crippen molar-refractivity contribution in [1.82, 2.24) is 9.97 Å². The Hall–Kier alpha value is -1.50. The zero-order valence-electron chi connectivity index (χ0n) is 9.73. The van der Waals surface area contributed by atoms with Crippen LogP contribution in [0.15, 0.2) is 16.0 Å². The van der Waals surface area contributed by atoms with Gasteiger partial charge in [-0.2, -0.15) is 0 Å². The topological polar surface area (TPSA) is 98.1 Å². The number of thioether (sulfide) groups is 1. The van der Waals surface area contributed by atoms with Gasteiger partial charge in [0.15, 0.2) is 5.16 Å². The van der Waals surface area contributed by atoms with Crippen molar-refractivity contribution in [3.8, 4) is 0 Å². The first-order chi connectivity index (χ1) is 7.97. The van der Waals surface area contributed by atoms with E-state index in [9.17, 15) is 9.59 Å². The fraction of sp³-hybridized carbons (Fsp3) is 0.500. The highest BCUT2D eigenvalue weighted by molar-refractivity contribution is 7.99. The Morgan fingerprint density at radius 2 is 2.35 bits per heavy atom. The standard InChI is InChI=1S/C10H15N3O3S/c1-6(2)4-16-9(15)5-17-10-12-7(11)3-8(14)13-10/h3,6H,4-5H2,1-2H3,(H3,11,12,13,14). The van der Waals surface area contributed by atoms with Crippen molar-refractivity contribution >= 4 is 23.5 Å². The van der Waals surface area contributed by atoms with Crippen molar-refractivity contribution in [2.75, 3.05) is 18.1 Å². The number of aromatic nitrogens is 2. The Kier molecular flexibility index (Phi) is 5.02. The molecule has 0 saturated carbocycles. The first kappa shape index (κ1) is 13.6. The maximum atomic E-state index is 11.3. The van der Waals surface area contributed by atoms with Gasteiger partial charge in [0.2, 0.25) is 0 Å². The van der Waals surface area contributed by atoms with Gasteiger partial charge in [-0.05, 0) is 5.92 Å². The molecule has 94 valence electrons. The molecule has 0 amide bonds. The van der Waals surface area contributed by atoms with E-state index in [1.165, 1.54) is 6.07 Å². The number of aromatic amines is 1. The minimum Gasteiger partial charge on any atom is -0.465 e. The van der Waals surface area contributed by atoms with E-state index in [4.69, 9.17) is 10.5 Å². The van der Waals surface area contributed by atoms with Gasteiger partial charge in [-0.25, -0.2) is 4.98 Å². The molecule has 0 aliphatic carbocycles. The number of carbonyl (C=O) groups excluding carboxylic acids is 1. The van der Waals surface area contributed by atoms with Gasteiger partial charge in [0.25, 0.3) is 5.56 Å². The van der Waals surface area contributed by atoms with Crippen LogP contribution in [0, 0.1) is 5.92 Å². The number of carbonyl (C=O) groups is 1. The molecule has 3 N–H and O–H groups in total. The molecule has 1 rings (SSSR count). The summed E-state index contributed by atoms with van der Waals surface area (Å²) >= 11 is 1.09. The normalized spacial score (nSPS) is 10.5. The summed E-state index contributed by atoms with van der Waals surface area (Å²) in [6, 6.07) is 1.18. The summed E-state index contributed by atoms with van der Waals surface area (Å²) in [5.41, 5.74) is 5.07. The van der Waals surface area contributed by atoms with E-state index < -0.39 is 0 Å². The Morgan fingerprint density at radius 1 is 1.65 bits per heavy atom. The lowest BCUT2D eigenvalue weighted by Crippen LogP contribution is -2.13. The quantitative estimate of drug-likeness (QED) is 0.456. The number of esters is 1.